The van der Waals surface area contributed by atoms with E-state index in [0.29, 0.717) is 17.3 Å². The molecule has 7 nitrogen and oxygen atoms in total. The highest BCUT2D eigenvalue weighted by molar-refractivity contribution is 6.30. The molecule has 4 aromatic rings. The number of carbonyl (C=O) groups is 1. The third-order valence-electron chi connectivity index (χ3n) is 6.17. The van der Waals surface area contributed by atoms with Crippen LogP contribution in [0, 0.1) is 19.8 Å². The molecule has 33 heavy (non-hydrogen) atoms. The first-order valence-corrected chi connectivity index (χ1v) is 11.5. The molecule has 1 N–H and O–H groups in total. The number of para-hydroxylation sites is 1. The summed E-state index contributed by atoms with van der Waals surface area (Å²) in [5, 5.41) is 18.5. The molecule has 0 bridgehead atoms. The number of amides is 1. The fourth-order valence-electron chi connectivity index (χ4n) is 4.54. The molecule has 1 unspecified atom stereocenters. The number of fused-ring (bicyclic) bond motifs is 1. The molecule has 168 valence electrons. The molecule has 8 heteroatoms. The molecule has 2 aromatic carbocycles. The van der Waals surface area contributed by atoms with Crippen molar-refractivity contribution in [3.05, 3.63) is 71.0 Å². The summed E-state index contributed by atoms with van der Waals surface area (Å²) in [6.45, 7) is 5.39. The van der Waals surface area contributed by atoms with Crippen LogP contribution >= 0.6 is 11.6 Å². The highest BCUT2D eigenvalue weighted by atomic mass is 35.5. The van der Waals surface area contributed by atoms with Crippen molar-refractivity contribution in [2.45, 2.75) is 26.7 Å². The summed E-state index contributed by atoms with van der Waals surface area (Å²) >= 11 is 6.06. The van der Waals surface area contributed by atoms with E-state index in [0.717, 1.165) is 53.2 Å². The van der Waals surface area contributed by atoms with Gasteiger partial charge in [0.1, 0.15) is 5.52 Å². The molecule has 1 atom stereocenters. The second kappa shape index (κ2) is 8.83. The summed E-state index contributed by atoms with van der Waals surface area (Å²) in [6.07, 6.45) is 1.71. The van der Waals surface area contributed by atoms with E-state index >= 15 is 0 Å². The van der Waals surface area contributed by atoms with Gasteiger partial charge in [-0.25, -0.2) is 4.68 Å². The third-order valence-corrected chi connectivity index (χ3v) is 6.40. The Bertz CT molecular complexity index is 1320. The molecule has 1 fully saturated rings. The van der Waals surface area contributed by atoms with Crippen LogP contribution in [-0.2, 0) is 4.79 Å². The lowest BCUT2D eigenvalue weighted by atomic mass is 9.97. The van der Waals surface area contributed by atoms with E-state index in [1.165, 1.54) is 0 Å². The van der Waals surface area contributed by atoms with Crippen LogP contribution in [-0.4, -0.2) is 39.0 Å². The lowest BCUT2D eigenvalue weighted by Gasteiger charge is -2.32. The highest BCUT2D eigenvalue weighted by Crippen LogP contribution is 2.32. The number of piperidine rings is 1. The van der Waals surface area contributed by atoms with Gasteiger partial charge in [-0.05, 0) is 57.0 Å². The van der Waals surface area contributed by atoms with E-state index in [2.05, 4.69) is 27.3 Å². The lowest BCUT2D eigenvalue weighted by Crippen LogP contribution is -2.41. The zero-order chi connectivity index (χ0) is 22.9. The summed E-state index contributed by atoms with van der Waals surface area (Å²) in [5.74, 6) is 0.561. The molecule has 5 rings (SSSR count). The van der Waals surface area contributed by atoms with Gasteiger partial charge in [0, 0.05) is 23.8 Å². The van der Waals surface area contributed by atoms with Gasteiger partial charge in [0.05, 0.1) is 28.4 Å². The topological polar surface area (TPSA) is 75.9 Å². The minimum atomic E-state index is -0.159. The van der Waals surface area contributed by atoms with Gasteiger partial charge in [-0.15, -0.1) is 5.10 Å². The zero-order valence-corrected chi connectivity index (χ0v) is 19.4. The summed E-state index contributed by atoms with van der Waals surface area (Å²) < 4.78 is 1.94. The highest BCUT2D eigenvalue weighted by Gasteiger charge is 2.29. The van der Waals surface area contributed by atoms with E-state index in [1.54, 1.807) is 12.1 Å². The summed E-state index contributed by atoms with van der Waals surface area (Å²) in [6, 6.07) is 17.3. The Hall–Kier alpha value is -3.45. The fourth-order valence-corrected chi connectivity index (χ4v) is 4.73. The monoisotopic (exact) mass is 460 g/mol. The van der Waals surface area contributed by atoms with Gasteiger partial charge in [-0.1, -0.05) is 35.9 Å². The van der Waals surface area contributed by atoms with Gasteiger partial charge < -0.3 is 10.2 Å². The molecule has 1 saturated heterocycles. The number of hydrogen-bond donors (Lipinski definition) is 1. The van der Waals surface area contributed by atoms with Crippen molar-refractivity contribution < 1.29 is 4.79 Å². The molecule has 2 aromatic heterocycles. The van der Waals surface area contributed by atoms with Crippen molar-refractivity contribution in [3.63, 3.8) is 0 Å². The molecule has 1 amide bonds. The molecule has 0 aliphatic carbocycles. The number of aromatic nitrogens is 4. The Morgan fingerprint density at radius 1 is 1.09 bits per heavy atom. The van der Waals surface area contributed by atoms with Crippen LogP contribution in [0.5, 0.6) is 0 Å². The van der Waals surface area contributed by atoms with Gasteiger partial charge in [0.25, 0.3) is 0 Å². The maximum Gasteiger partial charge on any atom is 0.229 e. The Balaban J connectivity index is 1.45. The van der Waals surface area contributed by atoms with Crippen molar-refractivity contribution in [2.75, 3.05) is 23.3 Å². The van der Waals surface area contributed by atoms with Crippen molar-refractivity contribution in [1.29, 1.82) is 0 Å². The quantitative estimate of drug-likeness (QED) is 0.466. The molecular weight excluding hydrogens is 436 g/mol. The van der Waals surface area contributed by atoms with Crippen LogP contribution in [0.3, 0.4) is 0 Å². The number of hydrogen-bond acceptors (Lipinski definition) is 5. The SMILES string of the molecule is Cc1nnc(N2CCCC(C(=O)Nc3cccc(Cl)c3)C2)c2nn(-c3ccccc3)c(C)c12. The van der Waals surface area contributed by atoms with Gasteiger partial charge in [-0.2, -0.15) is 10.2 Å². The summed E-state index contributed by atoms with van der Waals surface area (Å²) in [4.78, 5) is 15.1. The molecular formula is C25H25ClN6O. The Morgan fingerprint density at radius 3 is 2.70 bits per heavy atom. The number of aryl methyl sites for hydroxylation is 2. The Kier molecular flexibility index (Phi) is 5.72. The van der Waals surface area contributed by atoms with Gasteiger partial charge in [0.2, 0.25) is 5.91 Å². The minimum absolute atomic E-state index is 0.00993. The van der Waals surface area contributed by atoms with E-state index in [4.69, 9.17) is 16.7 Å². The summed E-state index contributed by atoms with van der Waals surface area (Å²) in [5.41, 5.74) is 4.39. The smallest absolute Gasteiger partial charge is 0.229 e. The van der Waals surface area contributed by atoms with Crippen molar-refractivity contribution in [2.24, 2.45) is 5.92 Å². The molecule has 0 radical (unpaired) electrons. The van der Waals surface area contributed by atoms with Gasteiger partial charge in [-0.3, -0.25) is 4.79 Å². The van der Waals surface area contributed by atoms with E-state index in [1.807, 2.05) is 54.1 Å². The van der Waals surface area contributed by atoms with Crippen LogP contribution in [0.4, 0.5) is 11.5 Å². The van der Waals surface area contributed by atoms with Crippen LogP contribution in [0.15, 0.2) is 54.6 Å². The first kappa shape index (κ1) is 21.4. The van der Waals surface area contributed by atoms with Crippen LogP contribution in [0.1, 0.15) is 24.2 Å². The van der Waals surface area contributed by atoms with E-state index in [9.17, 15) is 4.79 Å². The number of benzene rings is 2. The number of anilines is 2. The predicted octanol–water partition coefficient (Wildman–Crippen LogP) is 4.94. The number of carbonyl (C=O) groups excluding carboxylic acids is 1. The largest absolute Gasteiger partial charge is 0.352 e. The van der Waals surface area contributed by atoms with Gasteiger partial charge in [0.15, 0.2) is 5.82 Å². The maximum absolute atomic E-state index is 13.0. The standard InChI is InChI=1S/C25H25ClN6O/c1-16-22-17(2)32(21-11-4-3-5-12-21)30-23(22)24(29-28-16)31-13-7-8-18(15-31)25(33)27-20-10-6-9-19(26)14-20/h3-6,9-12,14,18H,7-8,13,15H2,1-2H3,(H,27,33). The van der Waals surface area contributed by atoms with E-state index < -0.39 is 0 Å². The van der Waals surface area contributed by atoms with Crippen molar-refractivity contribution >= 4 is 39.9 Å². The van der Waals surface area contributed by atoms with Crippen molar-refractivity contribution in [1.82, 2.24) is 20.0 Å². The third kappa shape index (κ3) is 4.16. The Morgan fingerprint density at radius 2 is 1.91 bits per heavy atom. The molecule has 1 aliphatic rings. The van der Waals surface area contributed by atoms with Crippen LogP contribution in [0.25, 0.3) is 16.6 Å². The number of rotatable bonds is 4. The zero-order valence-electron chi connectivity index (χ0n) is 18.6. The normalized spacial score (nSPS) is 16.2. The molecule has 0 spiro atoms. The molecule has 1 aliphatic heterocycles. The average molecular weight is 461 g/mol. The predicted molar refractivity (Wildman–Crippen MR) is 131 cm³/mol. The van der Waals surface area contributed by atoms with Crippen LogP contribution < -0.4 is 10.2 Å². The first-order valence-electron chi connectivity index (χ1n) is 11.1. The number of nitrogens with one attached hydrogen (secondary N) is 1. The van der Waals surface area contributed by atoms with Crippen LogP contribution in [0.2, 0.25) is 5.02 Å². The molecule has 0 saturated carbocycles. The Labute approximate surface area is 197 Å². The van der Waals surface area contributed by atoms with Crippen molar-refractivity contribution in [3.8, 4) is 5.69 Å². The molecule has 3 heterocycles. The lowest BCUT2D eigenvalue weighted by molar-refractivity contribution is -0.120. The second-order valence-corrected chi connectivity index (χ2v) is 8.89. The average Bonchev–Trinajstić information content (AvgIpc) is 3.18. The maximum atomic E-state index is 13.0. The fraction of sp³-hybridized carbons (Fsp3) is 0.280. The van der Waals surface area contributed by atoms with Gasteiger partial charge >= 0.3 is 0 Å². The first-order chi connectivity index (χ1) is 16.0. The minimum Gasteiger partial charge on any atom is -0.352 e. The second-order valence-electron chi connectivity index (χ2n) is 8.45. The summed E-state index contributed by atoms with van der Waals surface area (Å²) in [7, 11) is 0. The number of nitrogens with zero attached hydrogens (tertiary/aromatic N) is 5. The number of halogens is 1. The van der Waals surface area contributed by atoms with E-state index in [-0.39, 0.29) is 11.8 Å².